The highest BCUT2D eigenvalue weighted by molar-refractivity contribution is 5.79. The second-order valence-corrected chi connectivity index (χ2v) is 5.56. The number of carbonyl (C=O) groups excluding carboxylic acids is 1. The maximum atomic E-state index is 11.0. The predicted octanol–water partition coefficient (Wildman–Crippen LogP) is 3.23. The largest absolute Gasteiger partial charge is 0.378 e. The molecule has 1 saturated carbocycles. The Morgan fingerprint density at radius 2 is 2.00 bits per heavy atom. The van der Waals surface area contributed by atoms with Gasteiger partial charge < -0.3 is 4.74 Å². The van der Waals surface area contributed by atoms with Gasteiger partial charge in [0, 0.05) is 19.4 Å². The zero-order valence-corrected chi connectivity index (χ0v) is 11.0. The second kappa shape index (κ2) is 6.76. The van der Waals surface area contributed by atoms with E-state index in [2.05, 4.69) is 6.07 Å². The molecular weight excluding hydrogens is 214 g/mol. The lowest BCUT2D eigenvalue weighted by atomic mass is 9.89. The summed E-state index contributed by atoms with van der Waals surface area (Å²) in [5, 5.41) is 8.87. The molecule has 0 radical (unpaired) electrons. The van der Waals surface area contributed by atoms with Gasteiger partial charge in [-0.1, -0.05) is 0 Å². The Hall–Kier alpha value is -0.880. The highest BCUT2D eigenvalue weighted by Crippen LogP contribution is 2.22. The fraction of sp³-hybridized carbons (Fsp3) is 0.857. The summed E-state index contributed by atoms with van der Waals surface area (Å²) in [6.45, 7) is 4.71. The average Bonchev–Trinajstić information content (AvgIpc) is 2.31. The summed E-state index contributed by atoms with van der Waals surface area (Å²) in [5.74, 6) is 0.376. The van der Waals surface area contributed by atoms with E-state index >= 15 is 0 Å². The van der Waals surface area contributed by atoms with Gasteiger partial charge >= 0.3 is 0 Å². The molecule has 0 bridgehead atoms. The number of nitriles is 1. The first-order valence-electron chi connectivity index (χ1n) is 6.58. The Bertz CT molecular complexity index is 281. The lowest BCUT2D eigenvalue weighted by Gasteiger charge is -2.21. The molecule has 1 fully saturated rings. The molecule has 0 aromatic rings. The van der Waals surface area contributed by atoms with Gasteiger partial charge in [0.1, 0.15) is 5.78 Å². The van der Waals surface area contributed by atoms with Gasteiger partial charge in [-0.05, 0) is 46.0 Å². The Kier molecular flexibility index (Phi) is 5.64. The predicted molar refractivity (Wildman–Crippen MR) is 66.5 cm³/mol. The van der Waals surface area contributed by atoms with Crippen molar-refractivity contribution in [2.24, 2.45) is 5.41 Å². The van der Waals surface area contributed by atoms with Crippen molar-refractivity contribution in [3.05, 3.63) is 0 Å². The molecule has 0 atom stereocenters. The van der Waals surface area contributed by atoms with Gasteiger partial charge in [-0.15, -0.1) is 0 Å². The molecule has 0 spiro atoms. The molecule has 0 saturated heterocycles. The Balaban J connectivity index is 2.01. The minimum absolute atomic E-state index is 0.211. The van der Waals surface area contributed by atoms with Crippen molar-refractivity contribution in [1.29, 1.82) is 5.26 Å². The Morgan fingerprint density at radius 1 is 1.35 bits per heavy atom. The first-order chi connectivity index (χ1) is 8.03. The summed E-state index contributed by atoms with van der Waals surface area (Å²) in [6.07, 6.45) is 6.41. The van der Waals surface area contributed by atoms with Crippen molar-refractivity contribution in [3.63, 3.8) is 0 Å². The fourth-order valence-electron chi connectivity index (χ4n) is 2.05. The van der Waals surface area contributed by atoms with Gasteiger partial charge in [-0.3, -0.25) is 4.79 Å². The third kappa shape index (κ3) is 5.83. The van der Waals surface area contributed by atoms with Crippen LogP contribution in [0.5, 0.6) is 0 Å². The molecule has 1 rings (SSSR count). The summed E-state index contributed by atoms with van der Waals surface area (Å²) in [6, 6.07) is 2.31. The number of hydrogen-bond acceptors (Lipinski definition) is 3. The van der Waals surface area contributed by atoms with E-state index in [1.54, 1.807) is 0 Å². The van der Waals surface area contributed by atoms with Crippen LogP contribution in [0.1, 0.15) is 58.8 Å². The van der Waals surface area contributed by atoms with Crippen molar-refractivity contribution in [3.8, 4) is 6.07 Å². The smallest absolute Gasteiger partial charge is 0.133 e. The molecule has 0 unspecified atom stereocenters. The minimum Gasteiger partial charge on any atom is -0.378 e. The Morgan fingerprint density at radius 3 is 2.59 bits per heavy atom. The minimum atomic E-state index is -0.211. The van der Waals surface area contributed by atoms with E-state index in [1.807, 2.05) is 13.8 Å². The van der Waals surface area contributed by atoms with Crippen LogP contribution in [0.2, 0.25) is 0 Å². The van der Waals surface area contributed by atoms with Crippen LogP contribution in [0.3, 0.4) is 0 Å². The maximum absolute atomic E-state index is 11.0. The van der Waals surface area contributed by atoms with Crippen molar-refractivity contribution >= 4 is 5.78 Å². The fourth-order valence-corrected chi connectivity index (χ4v) is 2.05. The van der Waals surface area contributed by atoms with E-state index in [4.69, 9.17) is 10.00 Å². The summed E-state index contributed by atoms with van der Waals surface area (Å²) in [7, 11) is 0. The van der Waals surface area contributed by atoms with E-state index < -0.39 is 0 Å². The number of hydrogen-bond donors (Lipinski definition) is 0. The monoisotopic (exact) mass is 237 g/mol. The molecule has 0 heterocycles. The number of ketones is 1. The van der Waals surface area contributed by atoms with Gasteiger partial charge in [0.2, 0.25) is 0 Å². The lowest BCUT2D eigenvalue weighted by molar-refractivity contribution is -0.123. The average molecular weight is 237 g/mol. The normalized spacial score (nSPS) is 18.1. The van der Waals surface area contributed by atoms with Crippen LogP contribution in [0.4, 0.5) is 0 Å². The third-order valence-electron chi connectivity index (χ3n) is 3.34. The third-order valence-corrected chi connectivity index (χ3v) is 3.34. The van der Waals surface area contributed by atoms with Crippen LogP contribution in [0, 0.1) is 16.7 Å². The standard InChI is InChI=1S/C14H23NO2/c1-14(2,11-15)9-3-4-10-17-13-7-5-12(16)6-8-13/h13H,3-10H2,1-2H3. The molecular formula is C14H23NO2. The SMILES string of the molecule is CC(C)(C#N)CCCCOC1CCC(=O)CC1. The molecule has 0 amide bonds. The van der Waals surface area contributed by atoms with Crippen LogP contribution in [-0.2, 0) is 9.53 Å². The first kappa shape index (κ1) is 14.2. The molecule has 3 heteroatoms. The van der Waals surface area contributed by atoms with Gasteiger partial charge in [0.15, 0.2) is 0 Å². The summed E-state index contributed by atoms with van der Waals surface area (Å²) < 4.78 is 5.74. The summed E-state index contributed by atoms with van der Waals surface area (Å²) >= 11 is 0. The summed E-state index contributed by atoms with van der Waals surface area (Å²) in [5.41, 5.74) is -0.211. The second-order valence-electron chi connectivity index (χ2n) is 5.56. The molecule has 0 N–H and O–H groups in total. The van der Waals surface area contributed by atoms with E-state index in [0.717, 1.165) is 38.7 Å². The zero-order chi connectivity index (χ0) is 12.7. The topological polar surface area (TPSA) is 50.1 Å². The van der Waals surface area contributed by atoms with E-state index in [-0.39, 0.29) is 11.5 Å². The van der Waals surface area contributed by atoms with Gasteiger partial charge in [0.25, 0.3) is 0 Å². The molecule has 0 aromatic heterocycles. The van der Waals surface area contributed by atoms with E-state index in [9.17, 15) is 4.79 Å². The number of rotatable bonds is 6. The number of nitrogens with zero attached hydrogens (tertiary/aromatic N) is 1. The molecule has 0 aromatic carbocycles. The van der Waals surface area contributed by atoms with Gasteiger partial charge in [-0.25, -0.2) is 0 Å². The molecule has 96 valence electrons. The van der Waals surface area contributed by atoms with Crippen molar-refractivity contribution in [2.45, 2.75) is 64.9 Å². The number of ether oxygens (including phenoxy) is 1. The number of Topliss-reactive ketones (excluding diaryl/α,β-unsaturated/α-hetero) is 1. The Labute approximate surface area is 104 Å². The van der Waals surface area contributed by atoms with Gasteiger partial charge in [-0.2, -0.15) is 5.26 Å². The highest BCUT2D eigenvalue weighted by atomic mass is 16.5. The molecule has 1 aliphatic carbocycles. The number of carbonyl (C=O) groups is 1. The van der Waals surface area contributed by atoms with Crippen LogP contribution in [-0.4, -0.2) is 18.5 Å². The van der Waals surface area contributed by atoms with Gasteiger partial charge in [0.05, 0.1) is 17.6 Å². The van der Waals surface area contributed by atoms with Crippen LogP contribution < -0.4 is 0 Å². The van der Waals surface area contributed by atoms with Crippen LogP contribution in [0.25, 0.3) is 0 Å². The molecule has 17 heavy (non-hydrogen) atoms. The molecule has 0 aliphatic heterocycles. The van der Waals surface area contributed by atoms with Crippen molar-refractivity contribution < 1.29 is 9.53 Å². The summed E-state index contributed by atoms with van der Waals surface area (Å²) in [4.78, 5) is 11.0. The lowest BCUT2D eigenvalue weighted by Crippen LogP contribution is -2.22. The van der Waals surface area contributed by atoms with Crippen LogP contribution >= 0.6 is 0 Å². The zero-order valence-electron chi connectivity index (χ0n) is 11.0. The van der Waals surface area contributed by atoms with Crippen molar-refractivity contribution in [2.75, 3.05) is 6.61 Å². The van der Waals surface area contributed by atoms with Crippen LogP contribution in [0.15, 0.2) is 0 Å². The maximum Gasteiger partial charge on any atom is 0.133 e. The molecule has 1 aliphatic rings. The quantitative estimate of drug-likeness (QED) is 0.666. The van der Waals surface area contributed by atoms with E-state index in [0.29, 0.717) is 18.6 Å². The van der Waals surface area contributed by atoms with Crippen molar-refractivity contribution in [1.82, 2.24) is 0 Å². The molecule has 3 nitrogen and oxygen atoms in total. The highest BCUT2D eigenvalue weighted by Gasteiger charge is 2.19. The van der Waals surface area contributed by atoms with E-state index in [1.165, 1.54) is 0 Å². The first-order valence-corrected chi connectivity index (χ1v) is 6.58. The number of unbranched alkanes of at least 4 members (excludes halogenated alkanes) is 1.